The third-order valence-electron chi connectivity index (χ3n) is 1.97. The Kier molecular flexibility index (Phi) is 4.82. The van der Waals surface area contributed by atoms with Gasteiger partial charge in [0.15, 0.2) is 0 Å². The van der Waals surface area contributed by atoms with Gasteiger partial charge in [0.2, 0.25) is 0 Å². The minimum Gasteiger partial charge on any atom is -0.485 e. The van der Waals surface area contributed by atoms with Gasteiger partial charge in [0.25, 0.3) is 6.43 Å². The van der Waals surface area contributed by atoms with Gasteiger partial charge >= 0.3 is 5.97 Å². The Labute approximate surface area is 101 Å². The average Bonchev–Trinajstić information content (AvgIpc) is 2.29. The van der Waals surface area contributed by atoms with Crippen molar-refractivity contribution in [1.82, 2.24) is 0 Å². The SMILES string of the molecule is CCOC(=O)c1cc(F)cc(OCC(F)F)c1N. The Morgan fingerprint density at radius 3 is 2.67 bits per heavy atom. The van der Waals surface area contributed by atoms with Gasteiger partial charge in [-0.05, 0) is 13.0 Å². The summed E-state index contributed by atoms with van der Waals surface area (Å²) in [5.74, 6) is -1.97. The first-order chi connectivity index (χ1) is 8.45. The van der Waals surface area contributed by atoms with Crippen LogP contribution in [-0.2, 0) is 4.74 Å². The van der Waals surface area contributed by atoms with E-state index in [4.69, 9.17) is 5.73 Å². The second-order valence-corrected chi connectivity index (χ2v) is 3.29. The van der Waals surface area contributed by atoms with Crippen molar-refractivity contribution in [1.29, 1.82) is 0 Å². The summed E-state index contributed by atoms with van der Waals surface area (Å²) in [5, 5.41) is 0. The van der Waals surface area contributed by atoms with Gasteiger partial charge in [0, 0.05) is 6.07 Å². The number of esters is 1. The number of hydrogen-bond acceptors (Lipinski definition) is 4. The Morgan fingerprint density at radius 1 is 1.44 bits per heavy atom. The Bertz CT molecular complexity index is 438. The van der Waals surface area contributed by atoms with E-state index in [1.807, 2.05) is 0 Å². The van der Waals surface area contributed by atoms with E-state index in [1.54, 1.807) is 6.92 Å². The van der Waals surface area contributed by atoms with Gasteiger partial charge in [-0.2, -0.15) is 0 Å². The van der Waals surface area contributed by atoms with Crippen molar-refractivity contribution in [3.8, 4) is 5.75 Å². The van der Waals surface area contributed by atoms with Crippen molar-refractivity contribution >= 4 is 11.7 Å². The van der Waals surface area contributed by atoms with Crippen LogP contribution in [0.25, 0.3) is 0 Å². The molecular weight excluding hydrogens is 251 g/mol. The van der Waals surface area contributed by atoms with Crippen LogP contribution in [0.2, 0.25) is 0 Å². The number of nitrogen functional groups attached to an aromatic ring is 1. The number of carbonyl (C=O) groups excluding carboxylic acids is 1. The summed E-state index contributed by atoms with van der Waals surface area (Å²) in [7, 11) is 0. The van der Waals surface area contributed by atoms with Crippen LogP contribution in [-0.4, -0.2) is 25.6 Å². The van der Waals surface area contributed by atoms with Gasteiger partial charge in [0.05, 0.1) is 17.9 Å². The summed E-state index contributed by atoms with van der Waals surface area (Å²) in [4.78, 5) is 11.4. The lowest BCUT2D eigenvalue weighted by Crippen LogP contribution is -2.13. The minimum atomic E-state index is -2.72. The topological polar surface area (TPSA) is 61.5 Å². The molecule has 1 rings (SSSR count). The maximum Gasteiger partial charge on any atom is 0.340 e. The number of rotatable bonds is 5. The lowest BCUT2D eigenvalue weighted by molar-refractivity contribution is 0.0526. The van der Waals surface area contributed by atoms with Crippen LogP contribution >= 0.6 is 0 Å². The van der Waals surface area contributed by atoms with Gasteiger partial charge in [-0.1, -0.05) is 0 Å². The quantitative estimate of drug-likeness (QED) is 0.653. The Morgan fingerprint density at radius 2 is 2.11 bits per heavy atom. The molecule has 0 aliphatic carbocycles. The number of anilines is 1. The second kappa shape index (κ2) is 6.13. The van der Waals surface area contributed by atoms with E-state index in [1.165, 1.54) is 0 Å². The van der Waals surface area contributed by atoms with E-state index in [-0.39, 0.29) is 23.6 Å². The van der Waals surface area contributed by atoms with E-state index in [9.17, 15) is 18.0 Å². The zero-order valence-electron chi connectivity index (χ0n) is 9.58. The van der Waals surface area contributed by atoms with Crippen molar-refractivity contribution in [2.45, 2.75) is 13.3 Å². The maximum atomic E-state index is 13.2. The summed E-state index contributed by atoms with van der Waals surface area (Å²) in [6, 6.07) is 1.70. The first-order valence-corrected chi connectivity index (χ1v) is 5.12. The molecule has 7 heteroatoms. The molecule has 0 bridgehead atoms. The van der Waals surface area contributed by atoms with E-state index < -0.39 is 24.8 Å². The molecule has 18 heavy (non-hydrogen) atoms. The van der Waals surface area contributed by atoms with Gasteiger partial charge in [-0.25, -0.2) is 18.0 Å². The Balaban J connectivity index is 3.02. The van der Waals surface area contributed by atoms with Crippen molar-refractivity contribution in [2.24, 2.45) is 0 Å². The minimum absolute atomic E-state index is 0.0853. The standard InChI is InChI=1S/C11H12F3NO3/c1-2-17-11(16)7-3-6(12)4-8(10(7)15)18-5-9(13)14/h3-4,9H,2,5,15H2,1H3. The predicted octanol–water partition coefficient (Wildman–Crippen LogP) is 2.23. The number of ether oxygens (including phenoxy) is 2. The van der Waals surface area contributed by atoms with Crippen LogP contribution in [0.15, 0.2) is 12.1 Å². The van der Waals surface area contributed by atoms with E-state index >= 15 is 0 Å². The lowest BCUT2D eigenvalue weighted by Gasteiger charge is -2.12. The molecule has 0 aliphatic heterocycles. The molecule has 100 valence electrons. The van der Waals surface area contributed by atoms with Gasteiger partial charge in [-0.15, -0.1) is 0 Å². The molecule has 0 radical (unpaired) electrons. The van der Waals surface area contributed by atoms with Crippen molar-refractivity contribution in [2.75, 3.05) is 18.9 Å². The fourth-order valence-corrected chi connectivity index (χ4v) is 1.24. The summed E-state index contributed by atoms with van der Waals surface area (Å²) < 4.78 is 46.4. The molecule has 1 aromatic carbocycles. The third kappa shape index (κ3) is 3.54. The van der Waals surface area contributed by atoms with E-state index in [0.717, 1.165) is 12.1 Å². The monoisotopic (exact) mass is 263 g/mol. The van der Waals surface area contributed by atoms with Crippen molar-refractivity contribution in [3.63, 3.8) is 0 Å². The highest BCUT2D eigenvalue weighted by atomic mass is 19.3. The summed E-state index contributed by atoms with van der Waals surface area (Å²) >= 11 is 0. The number of halogens is 3. The molecular formula is C11H12F3NO3. The molecule has 0 unspecified atom stereocenters. The molecule has 0 spiro atoms. The molecule has 1 aromatic rings. The predicted molar refractivity (Wildman–Crippen MR) is 58.3 cm³/mol. The second-order valence-electron chi connectivity index (χ2n) is 3.29. The van der Waals surface area contributed by atoms with E-state index in [2.05, 4.69) is 9.47 Å². The van der Waals surface area contributed by atoms with Crippen LogP contribution in [0.3, 0.4) is 0 Å². The molecule has 0 amide bonds. The third-order valence-corrected chi connectivity index (χ3v) is 1.97. The Hall–Kier alpha value is -1.92. The molecule has 0 saturated heterocycles. The maximum absolute atomic E-state index is 13.2. The van der Waals surface area contributed by atoms with Crippen molar-refractivity contribution in [3.05, 3.63) is 23.5 Å². The normalized spacial score (nSPS) is 10.5. The smallest absolute Gasteiger partial charge is 0.340 e. The zero-order valence-corrected chi connectivity index (χ0v) is 9.58. The molecule has 0 heterocycles. The van der Waals surface area contributed by atoms with Crippen LogP contribution in [0.4, 0.5) is 18.9 Å². The summed E-state index contributed by atoms with van der Waals surface area (Å²) in [6.45, 7) is 0.722. The number of alkyl halides is 2. The fourth-order valence-electron chi connectivity index (χ4n) is 1.24. The molecule has 0 aromatic heterocycles. The highest BCUT2D eigenvalue weighted by Gasteiger charge is 2.17. The summed E-state index contributed by atoms with van der Waals surface area (Å²) in [5.41, 5.74) is 5.06. The van der Waals surface area contributed by atoms with Crippen LogP contribution < -0.4 is 10.5 Å². The van der Waals surface area contributed by atoms with E-state index in [0.29, 0.717) is 0 Å². The number of carbonyl (C=O) groups is 1. The van der Waals surface area contributed by atoms with Crippen LogP contribution in [0.1, 0.15) is 17.3 Å². The summed E-state index contributed by atoms with van der Waals surface area (Å²) in [6.07, 6.45) is -2.72. The number of hydrogen-bond donors (Lipinski definition) is 1. The van der Waals surface area contributed by atoms with Gasteiger partial charge < -0.3 is 15.2 Å². The largest absolute Gasteiger partial charge is 0.485 e. The molecule has 0 aliphatic rings. The van der Waals surface area contributed by atoms with Gasteiger partial charge in [0.1, 0.15) is 18.2 Å². The number of benzene rings is 1. The van der Waals surface area contributed by atoms with Crippen molar-refractivity contribution < 1.29 is 27.4 Å². The molecule has 0 atom stereocenters. The lowest BCUT2D eigenvalue weighted by atomic mass is 10.1. The molecule has 0 fully saturated rings. The first-order valence-electron chi connectivity index (χ1n) is 5.12. The fraction of sp³-hybridized carbons (Fsp3) is 0.364. The molecule has 4 nitrogen and oxygen atoms in total. The zero-order chi connectivity index (χ0) is 13.7. The number of nitrogens with two attached hydrogens (primary N) is 1. The molecule has 0 saturated carbocycles. The van der Waals surface area contributed by atoms with Crippen LogP contribution in [0, 0.1) is 5.82 Å². The van der Waals surface area contributed by atoms with Gasteiger partial charge in [-0.3, -0.25) is 0 Å². The first kappa shape index (κ1) is 14.1. The molecule has 2 N–H and O–H groups in total. The van der Waals surface area contributed by atoms with Crippen LogP contribution in [0.5, 0.6) is 5.75 Å². The highest BCUT2D eigenvalue weighted by Crippen LogP contribution is 2.28. The highest BCUT2D eigenvalue weighted by molar-refractivity contribution is 5.96. The average molecular weight is 263 g/mol.